The highest BCUT2D eigenvalue weighted by atomic mass is 35.5. The molecule has 0 saturated carbocycles. The van der Waals surface area contributed by atoms with Crippen molar-refractivity contribution in [1.82, 2.24) is 68.4 Å². The summed E-state index contributed by atoms with van der Waals surface area (Å²) >= 11 is 6.37. The maximum Gasteiger partial charge on any atom is 0.303 e. The lowest BCUT2D eigenvalue weighted by atomic mass is 10.00. The van der Waals surface area contributed by atoms with Crippen LogP contribution in [0.5, 0.6) is 11.5 Å². The summed E-state index contributed by atoms with van der Waals surface area (Å²) in [6, 6.07) is 0.644. The minimum atomic E-state index is -1.77. The van der Waals surface area contributed by atoms with Crippen LogP contribution in [0.3, 0.4) is 0 Å². The number of benzene rings is 3. The highest BCUT2D eigenvalue weighted by Gasteiger charge is 2.39. The van der Waals surface area contributed by atoms with Crippen LogP contribution in [0.15, 0.2) is 72.9 Å². The van der Waals surface area contributed by atoms with Gasteiger partial charge in [-0.05, 0) is 104 Å². The Balaban J connectivity index is 1.42. The molecule has 2 aliphatic heterocycles. The highest BCUT2D eigenvalue weighted by Crippen LogP contribution is 2.27. The maximum absolute atomic E-state index is 15.0. The van der Waals surface area contributed by atoms with Crippen molar-refractivity contribution in [2.45, 2.75) is 158 Å². The zero-order valence-corrected chi connectivity index (χ0v) is 60.1. The minimum absolute atomic E-state index is 0.00340. The Hall–Kier alpha value is -10.4. The number of hydrogen-bond acceptors (Lipinski definition) is 20. The monoisotopic (exact) mass is 1520 g/mol. The summed E-state index contributed by atoms with van der Waals surface area (Å²) in [5, 5.41) is 67.2. The first-order chi connectivity index (χ1) is 49.9. The van der Waals surface area contributed by atoms with Gasteiger partial charge in [-0.3, -0.25) is 72.5 Å². The Morgan fingerprint density at radius 1 is 0.686 bits per heavy atom. The Labute approximate surface area is 616 Å². The van der Waals surface area contributed by atoms with Crippen LogP contribution in [0, 0.1) is 11.3 Å². The van der Waals surface area contributed by atoms with Gasteiger partial charge in [-0.15, -0.1) is 0 Å². The second-order valence-electron chi connectivity index (χ2n) is 25.4. The molecule has 13 amide bonds. The Kier molecular flexibility index (Phi) is 32.8. The summed E-state index contributed by atoms with van der Waals surface area (Å²) in [6.45, 7) is 2.92. The van der Waals surface area contributed by atoms with Crippen LogP contribution in [0.1, 0.15) is 94.7 Å². The largest absolute Gasteiger partial charge is 0.508 e. The van der Waals surface area contributed by atoms with Gasteiger partial charge in [-0.2, -0.15) is 0 Å². The van der Waals surface area contributed by atoms with Crippen molar-refractivity contribution in [1.29, 1.82) is 5.41 Å². The van der Waals surface area contributed by atoms with E-state index in [-0.39, 0.29) is 81.1 Å². The predicted octanol–water partition coefficient (Wildman–Crippen LogP) is -2.60. The summed E-state index contributed by atoms with van der Waals surface area (Å²) in [4.78, 5) is 201. The van der Waals surface area contributed by atoms with Gasteiger partial charge < -0.3 is 107 Å². The van der Waals surface area contributed by atoms with E-state index >= 15 is 4.79 Å². The molecule has 6 rings (SSSR count). The smallest absolute Gasteiger partial charge is 0.303 e. The van der Waals surface area contributed by atoms with E-state index in [4.69, 9.17) is 39.9 Å². The topological polar surface area (TPSA) is 579 Å². The van der Waals surface area contributed by atoms with Crippen molar-refractivity contribution >= 4 is 133 Å². The summed E-state index contributed by atoms with van der Waals surface area (Å²) < 4.78 is 0. The molecule has 10 atom stereocenters. The van der Waals surface area contributed by atoms with Gasteiger partial charge in [0.1, 0.15) is 71.9 Å². The van der Waals surface area contributed by atoms with Gasteiger partial charge in [0.05, 0.1) is 0 Å². The average Bonchev–Trinajstić information content (AvgIpc) is 1.69. The van der Waals surface area contributed by atoms with Crippen molar-refractivity contribution < 1.29 is 82.4 Å². The van der Waals surface area contributed by atoms with Crippen LogP contribution in [-0.2, 0) is 86.4 Å². The molecule has 0 bridgehead atoms. The molecule has 38 heteroatoms. The van der Waals surface area contributed by atoms with E-state index in [2.05, 4.69) is 63.5 Å². The van der Waals surface area contributed by atoms with Gasteiger partial charge in [0.15, 0.2) is 5.96 Å². The van der Waals surface area contributed by atoms with E-state index in [0.717, 1.165) is 21.6 Å². The zero-order valence-electron chi connectivity index (χ0n) is 57.7. The molecular weight excluding hydrogens is 1430 g/mol. The number of primary amides is 2. The first-order valence-corrected chi connectivity index (χ1v) is 36.7. The molecule has 24 N–H and O–H groups in total. The van der Waals surface area contributed by atoms with Crippen molar-refractivity contribution in [2.24, 2.45) is 28.9 Å². The first-order valence-electron chi connectivity index (χ1n) is 33.8. The van der Waals surface area contributed by atoms with Crippen molar-refractivity contribution in [3.05, 3.63) is 94.6 Å². The van der Waals surface area contributed by atoms with Gasteiger partial charge in [-0.25, -0.2) is 0 Å². The number of H-pyrrole nitrogens is 1. The van der Waals surface area contributed by atoms with E-state index in [9.17, 15) is 77.6 Å². The Bertz CT molecular complexity index is 3800. The lowest BCUT2D eigenvalue weighted by Gasteiger charge is -2.29. The molecule has 4 aromatic rings. The number of phenolic OH excluding ortho intramolecular Hbond substituents is 2. The summed E-state index contributed by atoms with van der Waals surface area (Å²) in [7, 11) is 1.67. The molecule has 35 nitrogen and oxygen atoms in total. The van der Waals surface area contributed by atoms with Crippen LogP contribution < -0.4 is 81.4 Å². The lowest BCUT2D eigenvalue weighted by Crippen LogP contribution is -2.61. The van der Waals surface area contributed by atoms with Crippen LogP contribution in [0.25, 0.3) is 10.9 Å². The number of nitrogens with two attached hydrogens (primary N) is 4. The van der Waals surface area contributed by atoms with Gasteiger partial charge in [0, 0.05) is 105 Å². The van der Waals surface area contributed by atoms with Crippen molar-refractivity contribution in [2.75, 3.05) is 37.7 Å². The number of fused-ring (bicyclic) bond motifs is 1. The van der Waals surface area contributed by atoms with E-state index < -0.39 is 205 Å². The molecule has 0 radical (unpaired) electrons. The number of phenols is 2. The first kappa shape index (κ1) is 83.5. The number of carboxylic acids is 1. The number of amides is 13. The fourth-order valence-corrected chi connectivity index (χ4v) is 13.9. The van der Waals surface area contributed by atoms with Gasteiger partial charge in [-0.1, -0.05) is 71.3 Å². The quantitative estimate of drug-likeness (QED) is 0.0148. The van der Waals surface area contributed by atoms with E-state index in [1.807, 2.05) is 0 Å². The van der Waals surface area contributed by atoms with Crippen LogP contribution >= 0.6 is 33.2 Å². The second-order valence-corrected chi connectivity index (χ2v) is 28.4. The number of hydrogen-bond donors (Lipinski definition) is 20. The highest BCUT2D eigenvalue weighted by molar-refractivity contribution is 8.76. The van der Waals surface area contributed by atoms with E-state index in [1.54, 1.807) is 32.0 Å². The number of nitrogens with zero attached hydrogens (tertiary/aromatic N) is 1. The molecular formula is C67H91ClN18O17S2. The number of carbonyl (C=O) groups is 14. The number of halogens is 1. The van der Waals surface area contributed by atoms with Crippen molar-refractivity contribution in [3.63, 3.8) is 0 Å². The Morgan fingerprint density at radius 3 is 1.90 bits per heavy atom. The van der Waals surface area contributed by atoms with E-state index in [0.29, 0.717) is 34.0 Å². The summed E-state index contributed by atoms with van der Waals surface area (Å²) in [5.41, 5.74) is 24.3. The second kappa shape index (κ2) is 41.2. The molecule has 0 spiro atoms. The number of rotatable bonds is 24. The molecule has 2 fully saturated rings. The molecule has 2 aliphatic rings. The summed E-state index contributed by atoms with van der Waals surface area (Å²) in [6.07, 6.45) is -1.61. The lowest BCUT2D eigenvalue weighted by molar-refractivity contribution is -0.139. The molecule has 0 aliphatic carbocycles. The molecule has 570 valence electrons. The summed E-state index contributed by atoms with van der Waals surface area (Å²) in [5.74, 6) is -15.7. The third-order valence-electron chi connectivity index (χ3n) is 17.0. The number of aromatic nitrogens is 1. The number of aromatic amines is 1. The van der Waals surface area contributed by atoms with Gasteiger partial charge in [0.2, 0.25) is 76.8 Å². The molecule has 0 unspecified atom stereocenters. The molecule has 1 aromatic heterocycles. The Morgan fingerprint density at radius 2 is 1.28 bits per heavy atom. The van der Waals surface area contributed by atoms with Crippen LogP contribution in [-0.4, -0.2) is 212 Å². The number of aromatic hydroxyl groups is 2. The minimum Gasteiger partial charge on any atom is -0.508 e. The number of guanidine groups is 1. The van der Waals surface area contributed by atoms with Gasteiger partial charge in [0.25, 0.3) is 0 Å². The zero-order chi connectivity index (χ0) is 77.0. The molecule has 2 saturated heterocycles. The molecule has 105 heavy (non-hydrogen) atoms. The average molecular weight is 1520 g/mol. The number of likely N-dealkylation sites (tertiary alicyclic amines) is 1. The van der Waals surface area contributed by atoms with Gasteiger partial charge >= 0.3 is 5.97 Å². The van der Waals surface area contributed by atoms with Crippen molar-refractivity contribution in [3.8, 4) is 11.5 Å². The molecule has 3 heterocycles. The SMILES string of the molecule is CC(C)[C@@H]1NC(=O)[C@@H](NC(=O)[C@H](Cc2ccc(O)cc2)NC(=O)[C@@H]2CCCN2C(=O)CCN)CSSC[C@@H](C(N)=O)NC(=O)[C@H](CCC(=O)O)NC(=O)[C@@H](Cc2c[nH]c3ccc(Cl)cc23)NC(=O)[C@@H](CCC(N)=O)NC(=O)CCNC(=O)[C@H](CCCNC(=N)N)NC(=O)[C@H](Cc2ccc(O)cc2)NC1=O. The predicted molar refractivity (Wildman–Crippen MR) is 387 cm³/mol. The third kappa shape index (κ3) is 27.0. The van der Waals surface area contributed by atoms with Crippen LogP contribution in [0.2, 0.25) is 5.02 Å². The fourth-order valence-electron chi connectivity index (χ4n) is 11.4. The number of nitrogens with one attached hydrogen (secondary N) is 13. The molecule has 3 aromatic carbocycles. The third-order valence-corrected chi connectivity index (χ3v) is 19.7. The standard InChI is InChI=1S/C67H91ClN18O17S2/c1-34(2)56-66(103)82-47(28-36-9-14-40(88)15-10-36)61(98)78-43(5-3-24-75-67(72)73)58(95)74-25-22-53(90)77-44(17-19-52(70)89)59(96)80-48(29-37-31-76-42-16-11-38(68)30-41(37)42)63(100)79-45(18-20-55(92)93)60(97)83-49(57(71)94)32-104-105-33-50(64(101)85-56)84-62(99)46(27-35-7-12-39(87)13-8-35)81-65(102)51-6-4-26-86(51)54(91)21-23-69/h7-16,30-31,34,43-51,56,76,87-88H,3-6,17-29,32-33,69H2,1-2H3,(H2,70,89)(H2,71,94)(H,74,95)(H,77,90)(H,78,98)(H,79,100)(H,80,96)(H,81,102)(H,82,103)(H,83,97)(H,84,99)(H,85,101)(H,92,93)(H4,72,73,75)/t43-,44+,45-,46-,47-,48+,49-,50-,51-,56-/m0/s1. The number of carboxylic acid groups (broad SMARTS) is 1. The fraction of sp³-hybridized carbons (Fsp3) is 0.478. The van der Waals surface area contributed by atoms with Crippen LogP contribution in [0.4, 0.5) is 0 Å². The number of carbonyl (C=O) groups excluding carboxylic acids is 13. The number of aliphatic carboxylic acids is 1. The normalized spacial score (nSPS) is 22.1. The van der Waals surface area contributed by atoms with E-state index in [1.165, 1.54) is 59.6 Å². The maximum atomic E-state index is 15.0.